The molecule has 2 N–H and O–H groups in total. The van der Waals surface area contributed by atoms with Gasteiger partial charge in [0.2, 0.25) is 0 Å². The van der Waals surface area contributed by atoms with Gasteiger partial charge in [-0.3, -0.25) is 14.2 Å². The summed E-state index contributed by atoms with van der Waals surface area (Å²) in [6, 6.07) is 6.01. The van der Waals surface area contributed by atoms with Gasteiger partial charge in [-0.05, 0) is 35.7 Å². The molecule has 0 aliphatic heterocycles. The minimum absolute atomic E-state index is 0.0144. The van der Waals surface area contributed by atoms with Crippen LogP contribution in [0.15, 0.2) is 45.3 Å². The maximum atomic E-state index is 12.2. The van der Waals surface area contributed by atoms with E-state index in [1.54, 1.807) is 11.4 Å². The van der Waals surface area contributed by atoms with Gasteiger partial charge in [0.05, 0.1) is 5.52 Å². The van der Waals surface area contributed by atoms with E-state index in [1.165, 1.54) is 23.5 Å². The van der Waals surface area contributed by atoms with Crippen molar-refractivity contribution in [3.63, 3.8) is 0 Å². The largest absolute Gasteiger partial charge is 0.573 e. The van der Waals surface area contributed by atoms with Gasteiger partial charge in [-0.2, -0.15) is 0 Å². The Labute approximate surface area is 153 Å². The molecule has 0 bridgehead atoms. The fourth-order valence-corrected chi connectivity index (χ4v) is 3.16. The monoisotopic (exact) mass is 399 g/mol. The van der Waals surface area contributed by atoms with E-state index >= 15 is 0 Å². The molecule has 0 saturated heterocycles. The van der Waals surface area contributed by atoms with Gasteiger partial charge in [-0.25, -0.2) is 4.79 Å². The van der Waals surface area contributed by atoms with Gasteiger partial charge < -0.3 is 15.0 Å². The lowest BCUT2D eigenvalue weighted by molar-refractivity contribution is -0.274. The first-order chi connectivity index (χ1) is 12.7. The number of rotatable bonds is 5. The van der Waals surface area contributed by atoms with Crippen molar-refractivity contribution in [3.8, 4) is 5.75 Å². The van der Waals surface area contributed by atoms with Crippen LogP contribution in [0.3, 0.4) is 0 Å². The zero-order valence-corrected chi connectivity index (χ0v) is 14.3. The van der Waals surface area contributed by atoms with Crippen molar-refractivity contribution >= 4 is 27.5 Å². The third-order valence-electron chi connectivity index (χ3n) is 3.56. The van der Waals surface area contributed by atoms with Crippen molar-refractivity contribution in [3.05, 3.63) is 62.1 Å². The summed E-state index contributed by atoms with van der Waals surface area (Å²) in [6.45, 7) is -0.0669. The molecular weight excluding hydrogens is 387 g/mol. The van der Waals surface area contributed by atoms with Gasteiger partial charge in [0, 0.05) is 18.7 Å². The zero-order chi connectivity index (χ0) is 19.6. The second-order valence-electron chi connectivity index (χ2n) is 5.38. The van der Waals surface area contributed by atoms with Gasteiger partial charge in [-0.1, -0.05) is 0 Å². The number of thiophene rings is 1. The molecule has 1 aromatic carbocycles. The first-order valence-corrected chi connectivity index (χ1v) is 8.47. The van der Waals surface area contributed by atoms with Crippen LogP contribution in [0.5, 0.6) is 5.75 Å². The number of carbonyl (C=O) groups excluding carboxylic acids is 1. The third-order valence-corrected chi connectivity index (χ3v) is 4.46. The molecule has 142 valence electrons. The summed E-state index contributed by atoms with van der Waals surface area (Å²) in [7, 11) is 0. The molecule has 0 spiro atoms. The third kappa shape index (κ3) is 4.37. The highest BCUT2D eigenvalue weighted by molar-refractivity contribution is 7.17. The molecule has 3 rings (SSSR count). The molecule has 11 heteroatoms. The lowest BCUT2D eigenvalue weighted by Gasteiger charge is -2.10. The number of aromatic nitrogens is 2. The molecular formula is C16H12F3N3O4S. The van der Waals surface area contributed by atoms with Gasteiger partial charge >= 0.3 is 12.1 Å². The summed E-state index contributed by atoms with van der Waals surface area (Å²) in [5.74, 6) is -1.00. The highest BCUT2D eigenvalue weighted by Gasteiger charge is 2.31. The van der Waals surface area contributed by atoms with Crippen molar-refractivity contribution in [2.24, 2.45) is 0 Å². The second-order valence-corrected chi connectivity index (χ2v) is 6.29. The highest BCUT2D eigenvalue weighted by Crippen LogP contribution is 2.22. The van der Waals surface area contributed by atoms with Gasteiger partial charge in [0.15, 0.2) is 0 Å². The molecule has 7 nitrogen and oxygen atoms in total. The van der Waals surface area contributed by atoms with E-state index in [0.717, 1.165) is 16.7 Å². The van der Waals surface area contributed by atoms with Crippen molar-refractivity contribution in [2.75, 3.05) is 6.54 Å². The summed E-state index contributed by atoms with van der Waals surface area (Å²) < 4.78 is 41.4. The zero-order valence-electron chi connectivity index (χ0n) is 13.5. The Hall–Kier alpha value is -3.08. The predicted molar refractivity (Wildman–Crippen MR) is 92.2 cm³/mol. The molecule has 2 heterocycles. The van der Waals surface area contributed by atoms with Crippen LogP contribution in [0.1, 0.15) is 10.4 Å². The Morgan fingerprint density at radius 1 is 1.19 bits per heavy atom. The minimum atomic E-state index is -4.81. The molecule has 27 heavy (non-hydrogen) atoms. The molecule has 3 aromatic rings. The van der Waals surface area contributed by atoms with Crippen LogP contribution in [0.2, 0.25) is 0 Å². The summed E-state index contributed by atoms with van der Waals surface area (Å²) >= 11 is 1.20. The van der Waals surface area contributed by atoms with Gasteiger partial charge in [-0.15, -0.1) is 24.5 Å². The van der Waals surface area contributed by atoms with Crippen molar-refractivity contribution in [1.29, 1.82) is 0 Å². The molecule has 0 fully saturated rings. The summed E-state index contributed by atoms with van der Waals surface area (Å²) in [4.78, 5) is 38.8. The lowest BCUT2D eigenvalue weighted by Crippen LogP contribution is -2.38. The van der Waals surface area contributed by atoms with Crippen LogP contribution >= 0.6 is 11.3 Å². The number of ether oxygens (including phenoxy) is 1. The normalized spacial score (nSPS) is 11.5. The molecule has 0 saturated carbocycles. The Morgan fingerprint density at radius 3 is 2.56 bits per heavy atom. The molecule has 1 amide bonds. The van der Waals surface area contributed by atoms with E-state index in [0.29, 0.717) is 10.2 Å². The van der Waals surface area contributed by atoms with E-state index in [9.17, 15) is 27.6 Å². The number of carbonyl (C=O) groups is 1. The Kier molecular flexibility index (Phi) is 5.04. The van der Waals surface area contributed by atoms with E-state index in [4.69, 9.17) is 0 Å². The number of fused-ring (bicyclic) bond motifs is 1. The van der Waals surface area contributed by atoms with Crippen LogP contribution < -0.4 is 21.3 Å². The number of alkyl halides is 3. The average molecular weight is 399 g/mol. The van der Waals surface area contributed by atoms with Crippen molar-refractivity contribution < 1.29 is 22.7 Å². The number of H-pyrrole nitrogens is 1. The standard InChI is InChI=1S/C16H12F3N3O4S/c17-16(18,19)26-10-3-1-9(2-4-10)13(23)20-6-7-22-14(24)12-11(5-8-27-12)21-15(22)25/h1-5,8H,6-7H2,(H,20,23)(H,21,25). The molecule has 0 atom stereocenters. The predicted octanol–water partition coefficient (Wildman–Crippen LogP) is 2.08. The number of aromatic amines is 1. The van der Waals surface area contributed by atoms with Crippen LogP contribution in [0, 0.1) is 0 Å². The fourth-order valence-electron chi connectivity index (χ4n) is 2.37. The van der Waals surface area contributed by atoms with Crippen LogP contribution in [-0.4, -0.2) is 28.4 Å². The topological polar surface area (TPSA) is 93.2 Å². The number of halogens is 3. The highest BCUT2D eigenvalue weighted by atomic mass is 32.1. The summed E-state index contributed by atoms with van der Waals surface area (Å²) in [6.07, 6.45) is -4.81. The molecule has 2 aromatic heterocycles. The molecule has 0 aliphatic rings. The van der Waals surface area contributed by atoms with E-state index < -0.39 is 29.3 Å². The Morgan fingerprint density at radius 2 is 1.89 bits per heavy atom. The van der Waals surface area contributed by atoms with Crippen molar-refractivity contribution in [1.82, 2.24) is 14.9 Å². The summed E-state index contributed by atoms with van der Waals surface area (Å²) in [5, 5.41) is 4.18. The molecule has 0 aliphatic carbocycles. The van der Waals surface area contributed by atoms with E-state index in [-0.39, 0.29) is 18.7 Å². The van der Waals surface area contributed by atoms with E-state index in [1.807, 2.05) is 0 Å². The second kappa shape index (κ2) is 7.27. The van der Waals surface area contributed by atoms with Gasteiger partial charge in [0.25, 0.3) is 11.5 Å². The van der Waals surface area contributed by atoms with Crippen LogP contribution in [0.25, 0.3) is 10.2 Å². The SMILES string of the molecule is O=C(NCCn1c(=O)[nH]c2ccsc2c1=O)c1ccc(OC(F)(F)F)cc1. The van der Waals surface area contributed by atoms with Crippen LogP contribution in [-0.2, 0) is 6.54 Å². The quantitative estimate of drug-likeness (QED) is 0.687. The smallest absolute Gasteiger partial charge is 0.406 e. The first-order valence-electron chi connectivity index (χ1n) is 7.59. The molecule has 0 radical (unpaired) electrons. The number of hydrogen-bond acceptors (Lipinski definition) is 5. The Balaban J connectivity index is 1.63. The number of nitrogens with one attached hydrogen (secondary N) is 2. The number of nitrogens with zero attached hydrogens (tertiary/aromatic N) is 1. The van der Waals surface area contributed by atoms with Gasteiger partial charge in [0.1, 0.15) is 10.4 Å². The van der Waals surface area contributed by atoms with Crippen molar-refractivity contribution in [2.45, 2.75) is 12.9 Å². The number of amides is 1. The number of benzene rings is 1. The number of hydrogen-bond donors (Lipinski definition) is 2. The maximum Gasteiger partial charge on any atom is 0.573 e. The summed E-state index contributed by atoms with van der Waals surface area (Å²) in [5.41, 5.74) is -0.476. The maximum absolute atomic E-state index is 12.2. The first kappa shape index (κ1) is 18.7. The molecule has 0 unspecified atom stereocenters. The average Bonchev–Trinajstić information content (AvgIpc) is 3.05. The minimum Gasteiger partial charge on any atom is -0.406 e. The fraction of sp³-hybridized carbons (Fsp3) is 0.188. The van der Waals surface area contributed by atoms with Crippen LogP contribution in [0.4, 0.5) is 13.2 Å². The Bertz CT molecular complexity index is 1080. The van der Waals surface area contributed by atoms with E-state index in [2.05, 4.69) is 15.0 Å². The lowest BCUT2D eigenvalue weighted by atomic mass is 10.2.